The summed E-state index contributed by atoms with van der Waals surface area (Å²) < 4.78 is 5.32. The Labute approximate surface area is 142 Å². The first-order valence-electron chi connectivity index (χ1n) is 9.30. The standard InChI is InChI=1S/C19H36N2O2/c1-18(2,3)13-8-7-9-14(11-10-13)20-15-12-16(15)21-17(22)23-19(4,5)6/h13-16,20H,7-12H2,1-6H3,(H,21,22). The van der Waals surface area contributed by atoms with Crippen molar-refractivity contribution in [3.05, 3.63) is 0 Å². The predicted octanol–water partition coefficient (Wildman–Crippen LogP) is 4.24. The van der Waals surface area contributed by atoms with Gasteiger partial charge < -0.3 is 15.4 Å². The van der Waals surface area contributed by atoms with Crippen molar-refractivity contribution in [2.75, 3.05) is 0 Å². The highest BCUT2D eigenvalue weighted by Gasteiger charge is 2.40. The van der Waals surface area contributed by atoms with Gasteiger partial charge in [0.25, 0.3) is 0 Å². The maximum Gasteiger partial charge on any atom is 0.407 e. The summed E-state index contributed by atoms with van der Waals surface area (Å²) in [4.78, 5) is 11.8. The highest BCUT2D eigenvalue weighted by molar-refractivity contribution is 5.68. The lowest BCUT2D eigenvalue weighted by atomic mass is 9.76. The van der Waals surface area contributed by atoms with E-state index in [1.165, 1.54) is 32.1 Å². The topological polar surface area (TPSA) is 50.4 Å². The second kappa shape index (κ2) is 7.00. The average Bonchev–Trinajstić information content (AvgIpc) is 3.10. The van der Waals surface area contributed by atoms with Gasteiger partial charge in [-0.3, -0.25) is 0 Å². The Morgan fingerprint density at radius 1 is 0.957 bits per heavy atom. The molecule has 2 aliphatic carbocycles. The zero-order valence-electron chi connectivity index (χ0n) is 15.9. The molecule has 4 heteroatoms. The van der Waals surface area contributed by atoms with E-state index in [0.29, 0.717) is 17.5 Å². The maximum atomic E-state index is 11.8. The van der Waals surface area contributed by atoms with Crippen LogP contribution >= 0.6 is 0 Å². The first-order chi connectivity index (χ1) is 10.5. The molecule has 4 nitrogen and oxygen atoms in total. The number of alkyl carbamates (subject to hydrolysis) is 1. The number of hydrogen-bond acceptors (Lipinski definition) is 3. The minimum atomic E-state index is -0.425. The van der Waals surface area contributed by atoms with Crippen molar-refractivity contribution >= 4 is 6.09 Å². The van der Waals surface area contributed by atoms with Gasteiger partial charge in [-0.1, -0.05) is 27.2 Å². The number of ether oxygens (including phenoxy) is 1. The maximum absolute atomic E-state index is 11.8. The third-order valence-electron chi connectivity index (χ3n) is 5.14. The first kappa shape index (κ1) is 18.6. The molecule has 0 aromatic heterocycles. The molecule has 23 heavy (non-hydrogen) atoms. The molecule has 2 saturated carbocycles. The van der Waals surface area contributed by atoms with Crippen molar-refractivity contribution in [3.8, 4) is 0 Å². The Morgan fingerprint density at radius 2 is 1.65 bits per heavy atom. The van der Waals surface area contributed by atoms with Crippen LogP contribution < -0.4 is 10.6 Å². The number of nitrogens with one attached hydrogen (secondary N) is 2. The number of hydrogen-bond donors (Lipinski definition) is 2. The molecule has 2 aliphatic rings. The first-order valence-corrected chi connectivity index (χ1v) is 9.30. The molecule has 0 radical (unpaired) electrons. The Balaban J connectivity index is 1.70. The van der Waals surface area contributed by atoms with E-state index in [-0.39, 0.29) is 12.1 Å². The summed E-state index contributed by atoms with van der Waals surface area (Å²) in [6.07, 6.45) is 7.25. The van der Waals surface area contributed by atoms with Crippen LogP contribution in [0.1, 0.15) is 80.1 Å². The van der Waals surface area contributed by atoms with Gasteiger partial charge in [0.1, 0.15) is 5.60 Å². The molecule has 0 saturated heterocycles. The monoisotopic (exact) mass is 324 g/mol. The third-order valence-corrected chi connectivity index (χ3v) is 5.14. The van der Waals surface area contributed by atoms with Crippen LogP contribution in [-0.2, 0) is 4.74 Å². The summed E-state index contributed by atoms with van der Waals surface area (Å²) in [5, 5.41) is 6.73. The van der Waals surface area contributed by atoms with Crippen LogP contribution in [0.3, 0.4) is 0 Å². The van der Waals surface area contributed by atoms with Crippen molar-refractivity contribution in [1.29, 1.82) is 0 Å². The van der Waals surface area contributed by atoms with E-state index in [1.807, 2.05) is 20.8 Å². The molecule has 0 aromatic carbocycles. The zero-order valence-corrected chi connectivity index (χ0v) is 15.9. The van der Waals surface area contributed by atoms with Crippen LogP contribution in [-0.4, -0.2) is 29.8 Å². The van der Waals surface area contributed by atoms with E-state index in [2.05, 4.69) is 31.4 Å². The van der Waals surface area contributed by atoms with Crippen LogP contribution in [0.5, 0.6) is 0 Å². The van der Waals surface area contributed by atoms with Crippen LogP contribution in [0.2, 0.25) is 0 Å². The van der Waals surface area contributed by atoms with Gasteiger partial charge in [-0.2, -0.15) is 0 Å². The van der Waals surface area contributed by atoms with Crippen LogP contribution in [0, 0.1) is 11.3 Å². The summed E-state index contributed by atoms with van der Waals surface area (Å²) in [6.45, 7) is 12.8. The minimum Gasteiger partial charge on any atom is -0.444 e. The van der Waals surface area contributed by atoms with Gasteiger partial charge in [0.2, 0.25) is 0 Å². The molecular weight excluding hydrogens is 288 g/mol. The van der Waals surface area contributed by atoms with Crippen LogP contribution in [0.4, 0.5) is 4.79 Å². The Hall–Kier alpha value is -0.770. The SMILES string of the molecule is CC(C)(C)OC(=O)NC1CC1NC1CCCC(C(C)(C)C)CC1. The second-order valence-electron chi connectivity index (χ2n) is 9.53. The van der Waals surface area contributed by atoms with E-state index in [0.717, 1.165) is 12.3 Å². The molecule has 0 heterocycles. The van der Waals surface area contributed by atoms with Gasteiger partial charge in [0, 0.05) is 18.1 Å². The number of carbonyl (C=O) groups is 1. The molecule has 1 amide bonds. The molecule has 134 valence electrons. The Morgan fingerprint density at radius 3 is 2.26 bits per heavy atom. The third kappa shape index (κ3) is 6.33. The van der Waals surface area contributed by atoms with E-state index in [9.17, 15) is 4.79 Å². The van der Waals surface area contributed by atoms with Crippen molar-refractivity contribution in [1.82, 2.24) is 10.6 Å². The summed E-state index contributed by atoms with van der Waals surface area (Å²) in [6, 6.07) is 1.28. The van der Waals surface area contributed by atoms with Crippen LogP contribution in [0.25, 0.3) is 0 Å². The minimum absolute atomic E-state index is 0.242. The lowest BCUT2D eigenvalue weighted by Crippen LogP contribution is -2.39. The lowest BCUT2D eigenvalue weighted by Gasteiger charge is -2.29. The van der Waals surface area contributed by atoms with Crippen molar-refractivity contribution in [2.45, 2.75) is 104 Å². The molecule has 0 spiro atoms. The summed E-state index contributed by atoms with van der Waals surface area (Å²) >= 11 is 0. The molecule has 2 N–H and O–H groups in total. The van der Waals surface area contributed by atoms with E-state index < -0.39 is 5.60 Å². The van der Waals surface area contributed by atoms with Gasteiger partial charge >= 0.3 is 6.09 Å². The fraction of sp³-hybridized carbons (Fsp3) is 0.947. The molecule has 4 unspecified atom stereocenters. The molecular formula is C19H36N2O2. The predicted molar refractivity (Wildman–Crippen MR) is 94.5 cm³/mol. The van der Waals surface area contributed by atoms with Crippen molar-refractivity contribution in [2.24, 2.45) is 11.3 Å². The largest absolute Gasteiger partial charge is 0.444 e. The molecule has 0 bridgehead atoms. The van der Waals surface area contributed by atoms with Gasteiger partial charge in [-0.05, 0) is 64.2 Å². The molecule has 0 aromatic rings. The fourth-order valence-electron chi connectivity index (χ4n) is 3.63. The molecule has 0 aliphatic heterocycles. The fourth-order valence-corrected chi connectivity index (χ4v) is 3.63. The Kier molecular flexibility index (Phi) is 5.65. The summed E-state index contributed by atoms with van der Waals surface area (Å²) in [5.74, 6) is 0.837. The number of amides is 1. The smallest absolute Gasteiger partial charge is 0.407 e. The number of carbonyl (C=O) groups excluding carboxylic acids is 1. The van der Waals surface area contributed by atoms with Crippen molar-refractivity contribution in [3.63, 3.8) is 0 Å². The van der Waals surface area contributed by atoms with E-state index in [1.54, 1.807) is 0 Å². The average molecular weight is 325 g/mol. The quantitative estimate of drug-likeness (QED) is 0.764. The molecule has 4 atom stereocenters. The second-order valence-corrected chi connectivity index (χ2v) is 9.53. The molecule has 2 fully saturated rings. The summed E-state index contributed by atoms with van der Waals surface area (Å²) in [5.41, 5.74) is 0.000426. The normalized spacial score (nSPS) is 32.1. The Bertz CT molecular complexity index is 409. The summed E-state index contributed by atoms with van der Waals surface area (Å²) in [7, 11) is 0. The van der Waals surface area contributed by atoms with Gasteiger partial charge in [-0.25, -0.2) is 4.79 Å². The zero-order chi connectivity index (χ0) is 17.3. The van der Waals surface area contributed by atoms with E-state index >= 15 is 0 Å². The number of rotatable bonds is 3. The van der Waals surface area contributed by atoms with Gasteiger partial charge in [-0.15, -0.1) is 0 Å². The van der Waals surface area contributed by atoms with Gasteiger partial charge in [0.15, 0.2) is 0 Å². The highest BCUT2D eigenvalue weighted by Crippen LogP contribution is 2.37. The lowest BCUT2D eigenvalue weighted by molar-refractivity contribution is 0.0521. The highest BCUT2D eigenvalue weighted by atomic mass is 16.6. The van der Waals surface area contributed by atoms with Crippen molar-refractivity contribution < 1.29 is 9.53 Å². The van der Waals surface area contributed by atoms with E-state index in [4.69, 9.17) is 4.74 Å². The van der Waals surface area contributed by atoms with Gasteiger partial charge in [0.05, 0.1) is 0 Å². The molecule has 2 rings (SSSR count). The van der Waals surface area contributed by atoms with Crippen LogP contribution in [0.15, 0.2) is 0 Å².